The molecular weight excluding hydrogens is 140 g/mol. The molecule has 1 rings (SSSR count). The summed E-state index contributed by atoms with van der Waals surface area (Å²) in [6.45, 7) is 0. The van der Waals surface area contributed by atoms with E-state index in [1.807, 2.05) is 11.1 Å². The van der Waals surface area contributed by atoms with Crippen LogP contribution in [0.4, 0.5) is 9.59 Å². The zero-order valence-electron chi connectivity index (χ0n) is 4.87. The first-order valence-electron chi connectivity index (χ1n) is 2.33. The van der Waals surface area contributed by atoms with Crippen LogP contribution < -0.4 is 22.8 Å². The Hall–Kier alpha value is -1.22. The number of hydrogen-bond acceptors (Lipinski definition) is 6. The Morgan fingerprint density at radius 1 is 1.00 bits per heavy atom. The molecule has 1 aliphatic heterocycles. The largest absolute Gasteiger partial charge is 0.368 e. The second-order valence-electron chi connectivity index (χ2n) is 1.49. The van der Waals surface area contributed by atoms with Crippen LogP contribution in [0.2, 0.25) is 0 Å². The van der Waals surface area contributed by atoms with Gasteiger partial charge in [-0.15, -0.1) is 0 Å². The highest BCUT2D eigenvalue weighted by molar-refractivity contribution is 6.10. The fraction of sp³-hybridized carbons (Fsp3) is 0. The van der Waals surface area contributed by atoms with Crippen LogP contribution in [0.25, 0.3) is 0 Å². The lowest BCUT2D eigenvalue weighted by Gasteiger charge is -2.35. The average molecular weight is 146 g/mol. The lowest BCUT2D eigenvalue weighted by atomic mass is 10.6. The van der Waals surface area contributed by atoms with Gasteiger partial charge in [-0.05, 0) is 0 Å². The summed E-state index contributed by atoms with van der Waals surface area (Å²) in [4.78, 5) is 21.2. The SMILES string of the molecule is NNN1C(=O)N(NN)C1=O. The number of carbonyl (C=O) groups is 2. The third kappa shape index (κ3) is 0.642. The second-order valence-corrected chi connectivity index (χ2v) is 1.49. The predicted octanol–water partition coefficient (Wildman–Crippen LogP) is -2.40. The molecule has 1 heterocycles. The van der Waals surface area contributed by atoms with Gasteiger partial charge in [0.25, 0.3) is 0 Å². The molecule has 0 unspecified atom stereocenters. The smallest absolute Gasteiger partial charge is 0.253 e. The van der Waals surface area contributed by atoms with Crippen molar-refractivity contribution < 1.29 is 9.59 Å². The Morgan fingerprint density at radius 2 is 1.30 bits per heavy atom. The van der Waals surface area contributed by atoms with E-state index in [4.69, 9.17) is 11.7 Å². The van der Waals surface area contributed by atoms with Crippen molar-refractivity contribution in [2.24, 2.45) is 11.7 Å². The number of urea groups is 2. The van der Waals surface area contributed by atoms with Gasteiger partial charge in [0.1, 0.15) is 0 Å². The van der Waals surface area contributed by atoms with Crippen LogP contribution in [-0.4, -0.2) is 22.1 Å². The molecule has 8 heteroatoms. The molecule has 6 N–H and O–H groups in total. The van der Waals surface area contributed by atoms with Crippen molar-refractivity contribution in [1.82, 2.24) is 21.1 Å². The van der Waals surface area contributed by atoms with E-state index in [-0.39, 0.29) is 0 Å². The fourth-order valence-corrected chi connectivity index (χ4v) is 0.540. The highest BCUT2D eigenvalue weighted by atomic mass is 16.3. The first-order valence-corrected chi connectivity index (χ1v) is 2.33. The zero-order chi connectivity index (χ0) is 7.72. The summed E-state index contributed by atoms with van der Waals surface area (Å²) >= 11 is 0. The molecule has 0 saturated carbocycles. The molecule has 1 aliphatic rings. The molecule has 0 atom stereocenters. The van der Waals surface area contributed by atoms with Gasteiger partial charge in [0.05, 0.1) is 0 Å². The molecule has 0 aromatic carbocycles. The number of hydrazine groups is 4. The number of nitrogens with two attached hydrogens (primary N) is 2. The van der Waals surface area contributed by atoms with Gasteiger partial charge >= 0.3 is 12.1 Å². The number of rotatable bonds is 2. The minimum Gasteiger partial charge on any atom is -0.253 e. The average Bonchev–Trinajstić information content (AvgIpc) is 1.90. The van der Waals surface area contributed by atoms with Gasteiger partial charge in [0.15, 0.2) is 0 Å². The lowest BCUT2D eigenvalue weighted by Crippen LogP contribution is -2.74. The van der Waals surface area contributed by atoms with E-state index in [0.717, 1.165) is 0 Å². The number of hydrogen-bond donors (Lipinski definition) is 4. The fourth-order valence-electron chi connectivity index (χ4n) is 0.540. The maximum atomic E-state index is 10.6. The summed E-state index contributed by atoms with van der Waals surface area (Å²) in [5.74, 6) is 9.54. The Labute approximate surface area is 55.6 Å². The minimum atomic E-state index is -0.644. The van der Waals surface area contributed by atoms with Gasteiger partial charge in [-0.1, -0.05) is 0 Å². The van der Waals surface area contributed by atoms with Gasteiger partial charge < -0.3 is 0 Å². The highest BCUT2D eigenvalue weighted by Crippen LogP contribution is 2.07. The topological polar surface area (TPSA) is 117 Å². The predicted molar refractivity (Wildman–Crippen MR) is 29.1 cm³/mol. The van der Waals surface area contributed by atoms with E-state index in [0.29, 0.717) is 10.0 Å². The first-order chi connectivity index (χ1) is 4.72. The van der Waals surface area contributed by atoms with Crippen LogP contribution in [0, 0.1) is 0 Å². The van der Waals surface area contributed by atoms with Gasteiger partial charge in [0.2, 0.25) is 0 Å². The summed E-state index contributed by atoms with van der Waals surface area (Å²) in [7, 11) is 0. The molecule has 10 heavy (non-hydrogen) atoms. The zero-order valence-corrected chi connectivity index (χ0v) is 4.87. The molecule has 8 nitrogen and oxygen atoms in total. The van der Waals surface area contributed by atoms with Crippen molar-refractivity contribution in [1.29, 1.82) is 0 Å². The molecule has 0 aliphatic carbocycles. The Kier molecular flexibility index (Phi) is 1.51. The van der Waals surface area contributed by atoms with Crippen molar-refractivity contribution in [2.45, 2.75) is 0 Å². The molecule has 0 radical (unpaired) electrons. The van der Waals surface area contributed by atoms with E-state index >= 15 is 0 Å². The molecular formula is C2H6N6O2. The van der Waals surface area contributed by atoms with Crippen molar-refractivity contribution in [3.05, 3.63) is 0 Å². The molecule has 1 saturated heterocycles. The summed E-state index contributed by atoms with van der Waals surface area (Å²) in [6.07, 6.45) is 0. The summed E-state index contributed by atoms with van der Waals surface area (Å²) < 4.78 is 0. The van der Waals surface area contributed by atoms with E-state index in [9.17, 15) is 9.59 Å². The number of carbonyl (C=O) groups excluding carboxylic acids is 2. The number of imide groups is 2. The Balaban J connectivity index is 2.59. The normalized spacial score (nSPS) is 17.8. The quantitative estimate of drug-likeness (QED) is 0.255. The second kappa shape index (κ2) is 2.19. The third-order valence-corrected chi connectivity index (χ3v) is 1.02. The van der Waals surface area contributed by atoms with Gasteiger partial charge in [-0.3, -0.25) is 11.7 Å². The van der Waals surface area contributed by atoms with Gasteiger partial charge in [-0.25, -0.2) is 9.59 Å². The standard InChI is InChI=1S/C2H6N6O2/c3-5-7-1(9)8(6-4)2(7)10/h5-6H,3-4H2. The van der Waals surface area contributed by atoms with Crippen LogP contribution in [0.15, 0.2) is 0 Å². The molecule has 0 bridgehead atoms. The van der Waals surface area contributed by atoms with Gasteiger partial charge in [0, 0.05) is 0 Å². The van der Waals surface area contributed by atoms with E-state index < -0.39 is 12.1 Å². The van der Waals surface area contributed by atoms with Crippen LogP contribution in [0.5, 0.6) is 0 Å². The molecule has 56 valence electrons. The lowest BCUT2D eigenvalue weighted by molar-refractivity contribution is 0.0643. The summed E-state index contributed by atoms with van der Waals surface area (Å²) in [5, 5.41) is 1.19. The van der Waals surface area contributed by atoms with Crippen molar-refractivity contribution >= 4 is 12.1 Å². The minimum absolute atomic E-state index is 0.597. The van der Waals surface area contributed by atoms with Crippen molar-refractivity contribution in [2.75, 3.05) is 0 Å². The maximum Gasteiger partial charge on any atom is 0.368 e. The van der Waals surface area contributed by atoms with Crippen LogP contribution >= 0.6 is 0 Å². The highest BCUT2D eigenvalue weighted by Gasteiger charge is 2.43. The summed E-state index contributed by atoms with van der Waals surface area (Å²) in [6, 6.07) is -1.29. The van der Waals surface area contributed by atoms with E-state index in [2.05, 4.69) is 0 Å². The molecule has 1 fully saturated rings. The maximum absolute atomic E-state index is 10.6. The Bertz CT molecular complexity index is 147. The molecule has 0 spiro atoms. The molecule has 0 aromatic rings. The molecule has 4 amide bonds. The van der Waals surface area contributed by atoms with Crippen molar-refractivity contribution in [3.63, 3.8) is 0 Å². The van der Waals surface area contributed by atoms with Crippen LogP contribution in [-0.2, 0) is 0 Å². The number of amides is 4. The number of nitrogens with one attached hydrogen (secondary N) is 2. The monoisotopic (exact) mass is 146 g/mol. The summed E-state index contributed by atoms with van der Waals surface area (Å²) in [5.41, 5.74) is 3.72. The van der Waals surface area contributed by atoms with Crippen LogP contribution in [0.1, 0.15) is 0 Å². The third-order valence-electron chi connectivity index (χ3n) is 1.02. The van der Waals surface area contributed by atoms with Gasteiger partial charge in [-0.2, -0.15) is 21.1 Å². The molecule has 0 aromatic heterocycles. The number of nitrogens with zero attached hydrogens (tertiary/aromatic N) is 2. The van der Waals surface area contributed by atoms with Crippen LogP contribution in [0.3, 0.4) is 0 Å². The van der Waals surface area contributed by atoms with E-state index in [1.54, 1.807) is 0 Å². The van der Waals surface area contributed by atoms with Crippen molar-refractivity contribution in [3.8, 4) is 0 Å². The van der Waals surface area contributed by atoms with E-state index in [1.165, 1.54) is 0 Å². The Morgan fingerprint density at radius 3 is 1.50 bits per heavy atom. The first kappa shape index (κ1) is 6.89.